The first-order valence-electron chi connectivity index (χ1n) is 5.71. The van der Waals surface area contributed by atoms with E-state index < -0.39 is 0 Å². The summed E-state index contributed by atoms with van der Waals surface area (Å²) in [6.07, 6.45) is 1.31. The van der Waals surface area contributed by atoms with Crippen LogP contribution in [0.3, 0.4) is 0 Å². The van der Waals surface area contributed by atoms with Crippen LogP contribution in [0.5, 0.6) is 0 Å². The summed E-state index contributed by atoms with van der Waals surface area (Å²) in [6.45, 7) is 2.81. The Morgan fingerprint density at radius 2 is 2.18 bits per heavy atom. The first kappa shape index (κ1) is 13.6. The summed E-state index contributed by atoms with van der Waals surface area (Å²) < 4.78 is 0. The van der Waals surface area contributed by atoms with E-state index in [9.17, 15) is 10.1 Å². The Bertz CT molecular complexity index is 369. The molecule has 0 heterocycles. The third kappa shape index (κ3) is 4.50. The van der Waals surface area contributed by atoms with Gasteiger partial charge in [0, 0.05) is 24.3 Å². The second-order valence-corrected chi connectivity index (χ2v) is 4.00. The quantitative estimate of drug-likeness (QED) is 0.557. The predicted molar refractivity (Wildman–Crippen MR) is 66.0 cm³/mol. The molecule has 1 aromatic rings. The van der Waals surface area contributed by atoms with Crippen molar-refractivity contribution < 1.29 is 10.0 Å². The maximum Gasteiger partial charge on any atom is 0.272 e. The molecule has 5 nitrogen and oxygen atoms in total. The Hall–Kier alpha value is -1.46. The van der Waals surface area contributed by atoms with Crippen LogP contribution in [-0.4, -0.2) is 29.2 Å². The zero-order valence-electron chi connectivity index (χ0n) is 9.93. The van der Waals surface area contributed by atoms with Gasteiger partial charge in [-0.05, 0) is 26.3 Å². The van der Waals surface area contributed by atoms with Crippen LogP contribution >= 0.6 is 0 Å². The number of nitrogens with one attached hydrogen (secondary N) is 1. The zero-order valence-corrected chi connectivity index (χ0v) is 9.93. The van der Waals surface area contributed by atoms with Gasteiger partial charge in [-0.3, -0.25) is 10.1 Å². The molecule has 17 heavy (non-hydrogen) atoms. The molecule has 0 aliphatic carbocycles. The van der Waals surface area contributed by atoms with Gasteiger partial charge in [0.1, 0.15) is 0 Å². The highest BCUT2D eigenvalue weighted by atomic mass is 16.6. The molecule has 0 fully saturated rings. The van der Waals surface area contributed by atoms with E-state index in [0.717, 1.165) is 5.56 Å². The molecule has 0 saturated carbocycles. The van der Waals surface area contributed by atoms with E-state index in [0.29, 0.717) is 19.4 Å². The summed E-state index contributed by atoms with van der Waals surface area (Å²) >= 11 is 0. The van der Waals surface area contributed by atoms with Gasteiger partial charge in [0.05, 0.1) is 4.92 Å². The molecule has 0 amide bonds. The minimum atomic E-state index is -0.355. The smallest absolute Gasteiger partial charge is 0.272 e. The van der Waals surface area contributed by atoms with Crippen molar-refractivity contribution in [2.45, 2.75) is 25.8 Å². The van der Waals surface area contributed by atoms with Crippen molar-refractivity contribution in [2.75, 3.05) is 13.2 Å². The number of rotatable bonds is 7. The summed E-state index contributed by atoms with van der Waals surface area (Å²) in [5, 5.41) is 22.7. The van der Waals surface area contributed by atoms with Crippen LogP contribution in [0.25, 0.3) is 0 Å². The van der Waals surface area contributed by atoms with Gasteiger partial charge in [-0.15, -0.1) is 0 Å². The molecule has 94 valence electrons. The number of para-hydroxylation sites is 1. The van der Waals surface area contributed by atoms with Crippen molar-refractivity contribution in [3.05, 3.63) is 39.9 Å². The second kappa shape index (κ2) is 6.98. The number of nitro benzene ring substituents is 1. The number of hydrogen-bond donors (Lipinski definition) is 2. The van der Waals surface area contributed by atoms with Crippen molar-refractivity contribution in [3.8, 4) is 0 Å². The molecule has 0 aromatic heterocycles. The fourth-order valence-electron chi connectivity index (χ4n) is 1.65. The number of aliphatic hydroxyl groups is 1. The fraction of sp³-hybridized carbons (Fsp3) is 0.500. The lowest BCUT2D eigenvalue weighted by molar-refractivity contribution is -0.385. The average molecular weight is 238 g/mol. The maximum absolute atomic E-state index is 10.8. The number of aliphatic hydroxyl groups excluding tert-OH is 1. The number of benzene rings is 1. The molecule has 0 aliphatic heterocycles. The van der Waals surface area contributed by atoms with E-state index in [4.69, 9.17) is 5.11 Å². The summed E-state index contributed by atoms with van der Waals surface area (Å²) in [7, 11) is 0. The van der Waals surface area contributed by atoms with E-state index in [1.165, 1.54) is 6.07 Å². The Labute approximate surface area is 101 Å². The summed E-state index contributed by atoms with van der Waals surface area (Å²) in [6, 6.07) is 6.99. The van der Waals surface area contributed by atoms with E-state index in [-0.39, 0.29) is 23.3 Å². The Morgan fingerprint density at radius 1 is 1.47 bits per heavy atom. The van der Waals surface area contributed by atoms with Crippen molar-refractivity contribution >= 4 is 5.69 Å². The molecular weight excluding hydrogens is 220 g/mol. The van der Waals surface area contributed by atoms with Crippen LogP contribution in [0.2, 0.25) is 0 Å². The van der Waals surface area contributed by atoms with Gasteiger partial charge in [-0.2, -0.15) is 0 Å². The van der Waals surface area contributed by atoms with Gasteiger partial charge >= 0.3 is 0 Å². The molecule has 0 saturated heterocycles. The second-order valence-electron chi connectivity index (χ2n) is 4.00. The highest BCUT2D eigenvalue weighted by Crippen LogP contribution is 2.17. The van der Waals surface area contributed by atoms with Crippen LogP contribution in [-0.2, 0) is 6.42 Å². The van der Waals surface area contributed by atoms with Crippen LogP contribution < -0.4 is 5.32 Å². The van der Waals surface area contributed by atoms with Gasteiger partial charge < -0.3 is 10.4 Å². The molecule has 2 N–H and O–H groups in total. The minimum absolute atomic E-state index is 0.152. The van der Waals surface area contributed by atoms with E-state index >= 15 is 0 Å². The van der Waals surface area contributed by atoms with Gasteiger partial charge in [0.15, 0.2) is 0 Å². The third-order valence-corrected chi connectivity index (χ3v) is 2.64. The zero-order chi connectivity index (χ0) is 12.7. The molecule has 1 rings (SSSR count). The number of hydrogen-bond acceptors (Lipinski definition) is 4. The van der Waals surface area contributed by atoms with E-state index in [1.807, 2.05) is 6.92 Å². The largest absolute Gasteiger partial charge is 0.396 e. The van der Waals surface area contributed by atoms with Gasteiger partial charge in [0.25, 0.3) is 5.69 Å². The fourth-order valence-corrected chi connectivity index (χ4v) is 1.65. The Balaban J connectivity index is 2.49. The highest BCUT2D eigenvalue weighted by molar-refractivity contribution is 5.39. The van der Waals surface area contributed by atoms with Crippen molar-refractivity contribution in [2.24, 2.45) is 0 Å². The maximum atomic E-state index is 10.8. The minimum Gasteiger partial charge on any atom is -0.396 e. The van der Waals surface area contributed by atoms with Crippen LogP contribution in [0.4, 0.5) is 5.69 Å². The lowest BCUT2D eigenvalue weighted by Gasteiger charge is -2.11. The predicted octanol–water partition coefficient (Wildman–Crippen LogP) is 1.50. The van der Waals surface area contributed by atoms with Gasteiger partial charge in [-0.1, -0.05) is 18.2 Å². The standard InChI is InChI=1S/C12H18N2O3/c1-10(7-9-15)13-8-6-11-4-2-3-5-12(11)14(16)17/h2-5,10,13,15H,6-9H2,1H3. The summed E-state index contributed by atoms with van der Waals surface area (Å²) in [4.78, 5) is 10.4. The van der Waals surface area contributed by atoms with Crippen LogP contribution in [0.15, 0.2) is 24.3 Å². The van der Waals surface area contributed by atoms with Crippen molar-refractivity contribution in [3.63, 3.8) is 0 Å². The molecule has 0 spiro atoms. The molecule has 0 radical (unpaired) electrons. The van der Waals surface area contributed by atoms with E-state index in [1.54, 1.807) is 18.2 Å². The highest BCUT2D eigenvalue weighted by Gasteiger charge is 2.11. The Morgan fingerprint density at radius 3 is 2.82 bits per heavy atom. The molecule has 0 bridgehead atoms. The molecule has 1 unspecified atom stereocenters. The topological polar surface area (TPSA) is 75.4 Å². The lowest BCUT2D eigenvalue weighted by atomic mass is 10.1. The Kier molecular flexibility index (Phi) is 5.59. The number of nitro groups is 1. The summed E-state index contributed by atoms with van der Waals surface area (Å²) in [5.74, 6) is 0. The SMILES string of the molecule is CC(CCO)NCCc1ccccc1[N+](=O)[O-]. The molecule has 1 atom stereocenters. The monoisotopic (exact) mass is 238 g/mol. The van der Waals surface area contributed by atoms with Crippen molar-refractivity contribution in [1.82, 2.24) is 5.32 Å². The molecular formula is C12H18N2O3. The van der Waals surface area contributed by atoms with Gasteiger partial charge in [-0.25, -0.2) is 0 Å². The average Bonchev–Trinajstić information content (AvgIpc) is 2.30. The summed E-state index contributed by atoms with van der Waals surface area (Å²) in [5.41, 5.74) is 0.908. The normalized spacial score (nSPS) is 12.4. The first-order chi connectivity index (χ1) is 8.15. The first-order valence-corrected chi connectivity index (χ1v) is 5.71. The van der Waals surface area contributed by atoms with Crippen LogP contribution in [0.1, 0.15) is 18.9 Å². The molecule has 0 aliphatic rings. The molecule has 1 aromatic carbocycles. The van der Waals surface area contributed by atoms with Crippen molar-refractivity contribution in [1.29, 1.82) is 0 Å². The lowest BCUT2D eigenvalue weighted by Crippen LogP contribution is -2.29. The molecule has 5 heteroatoms. The number of nitrogens with zero attached hydrogens (tertiary/aromatic N) is 1. The third-order valence-electron chi connectivity index (χ3n) is 2.64. The van der Waals surface area contributed by atoms with Gasteiger partial charge in [0.2, 0.25) is 0 Å². The van der Waals surface area contributed by atoms with E-state index in [2.05, 4.69) is 5.32 Å². The van der Waals surface area contributed by atoms with Crippen LogP contribution in [0, 0.1) is 10.1 Å².